The standard InChI is InChI=1S/C2F3NSSe/c3-2(4,5)8-7-1-6. The molecule has 0 rings (SSSR count). The van der Waals surface area contributed by atoms with Crippen molar-refractivity contribution in [3.63, 3.8) is 0 Å². The van der Waals surface area contributed by atoms with Crippen molar-refractivity contribution in [2.75, 3.05) is 0 Å². The van der Waals surface area contributed by atoms with Gasteiger partial charge in [-0.3, -0.25) is 0 Å². The van der Waals surface area contributed by atoms with Gasteiger partial charge in [0.2, 0.25) is 0 Å². The first-order chi connectivity index (χ1) is 3.56. The van der Waals surface area contributed by atoms with Crippen molar-refractivity contribution >= 4 is 24.0 Å². The quantitative estimate of drug-likeness (QED) is 0.477. The monoisotopic (exact) mass is 207 g/mol. The molecule has 0 N–H and O–H groups in total. The Morgan fingerprint density at radius 3 is 2.12 bits per heavy atom. The Hall–Kier alpha value is 0.149. The number of alkyl halides is 3. The van der Waals surface area contributed by atoms with Crippen LogP contribution in [0.25, 0.3) is 0 Å². The molecular weight excluding hydrogens is 206 g/mol. The molecule has 0 bridgehead atoms. The van der Waals surface area contributed by atoms with Crippen molar-refractivity contribution in [1.82, 2.24) is 0 Å². The maximum absolute atomic E-state index is 11.1. The molecule has 0 saturated carbocycles. The molecule has 0 aliphatic rings. The molecule has 0 radical (unpaired) electrons. The molecule has 0 aromatic carbocycles. The predicted molar refractivity (Wildman–Crippen MR) is 25.0 cm³/mol. The summed E-state index contributed by atoms with van der Waals surface area (Å²) in [6, 6.07) is 0. The molecule has 0 amide bonds. The molecule has 1 nitrogen and oxygen atoms in total. The number of hydrogen-bond acceptors (Lipinski definition) is 2. The Morgan fingerprint density at radius 1 is 1.50 bits per heavy atom. The first-order valence-corrected chi connectivity index (χ1v) is 5.06. The van der Waals surface area contributed by atoms with Crippen LogP contribution in [0.4, 0.5) is 13.2 Å². The van der Waals surface area contributed by atoms with Gasteiger partial charge in [0, 0.05) is 0 Å². The fraction of sp³-hybridized carbons (Fsp3) is 0.500. The summed E-state index contributed by atoms with van der Waals surface area (Å²) in [5, 5.41) is 4.86. The third-order valence-corrected chi connectivity index (χ3v) is 2.70. The molecule has 0 aliphatic heterocycles. The van der Waals surface area contributed by atoms with Gasteiger partial charge in [-0.05, 0) is 0 Å². The van der Waals surface area contributed by atoms with Crippen LogP contribution in [-0.2, 0) is 0 Å². The van der Waals surface area contributed by atoms with Gasteiger partial charge in [-0.1, -0.05) is 0 Å². The van der Waals surface area contributed by atoms with Gasteiger partial charge in [0.25, 0.3) is 0 Å². The third kappa shape index (κ3) is 6.15. The molecule has 46 valence electrons. The molecule has 0 saturated heterocycles. The average molecular weight is 206 g/mol. The summed E-state index contributed by atoms with van der Waals surface area (Å²) in [5.41, 5.74) is 0. The molecule has 0 heterocycles. The van der Waals surface area contributed by atoms with Crippen LogP contribution in [0.1, 0.15) is 0 Å². The molecule has 8 heavy (non-hydrogen) atoms. The summed E-state index contributed by atoms with van der Waals surface area (Å²) >= 11 is -1.58. The number of nitrogens with zero attached hydrogens (tertiary/aromatic N) is 1. The SMILES string of the molecule is N#CS[Se]C(F)(F)F. The van der Waals surface area contributed by atoms with Crippen LogP contribution in [0.2, 0.25) is 0 Å². The molecular formula is C2F3NSSe. The van der Waals surface area contributed by atoms with E-state index in [9.17, 15) is 13.2 Å². The van der Waals surface area contributed by atoms with E-state index >= 15 is 0 Å². The fourth-order valence-corrected chi connectivity index (χ4v) is 1.03. The first kappa shape index (κ1) is 8.15. The van der Waals surface area contributed by atoms with Crippen LogP contribution in [-0.4, -0.2) is 18.9 Å². The van der Waals surface area contributed by atoms with Gasteiger partial charge in [0.1, 0.15) is 0 Å². The van der Waals surface area contributed by atoms with E-state index in [4.69, 9.17) is 5.26 Å². The van der Waals surface area contributed by atoms with Gasteiger partial charge < -0.3 is 0 Å². The van der Waals surface area contributed by atoms with Crippen molar-refractivity contribution in [3.8, 4) is 5.40 Å². The Labute approximate surface area is 53.5 Å². The summed E-state index contributed by atoms with van der Waals surface area (Å²) in [6.07, 6.45) is 0. The summed E-state index contributed by atoms with van der Waals surface area (Å²) in [7, 11) is 0.258. The van der Waals surface area contributed by atoms with Crippen molar-refractivity contribution < 1.29 is 13.2 Å². The number of hydrogen-bond donors (Lipinski definition) is 0. The summed E-state index contributed by atoms with van der Waals surface area (Å²) in [6.45, 7) is 0. The molecule has 0 atom stereocenters. The number of rotatable bonds is 1. The Balaban J connectivity index is 3.28. The topological polar surface area (TPSA) is 23.8 Å². The van der Waals surface area contributed by atoms with Crippen molar-refractivity contribution in [1.29, 1.82) is 5.26 Å². The van der Waals surface area contributed by atoms with E-state index in [0.717, 1.165) is 0 Å². The van der Waals surface area contributed by atoms with Gasteiger partial charge in [-0.25, -0.2) is 0 Å². The fourth-order valence-electron chi connectivity index (χ4n) is 0.0659. The van der Waals surface area contributed by atoms with Gasteiger partial charge in [-0.15, -0.1) is 0 Å². The van der Waals surface area contributed by atoms with Gasteiger partial charge in [0.05, 0.1) is 0 Å². The second-order valence-electron chi connectivity index (χ2n) is 0.704. The van der Waals surface area contributed by atoms with Crippen LogP contribution in [0.15, 0.2) is 0 Å². The van der Waals surface area contributed by atoms with E-state index in [-0.39, 0.29) is 10.2 Å². The third-order valence-electron chi connectivity index (χ3n) is 0.173. The number of halogens is 3. The van der Waals surface area contributed by atoms with E-state index in [0.29, 0.717) is 0 Å². The zero-order valence-corrected chi connectivity index (χ0v) is 5.93. The van der Waals surface area contributed by atoms with Crippen molar-refractivity contribution in [3.05, 3.63) is 0 Å². The van der Waals surface area contributed by atoms with E-state index in [1.54, 1.807) is 0 Å². The zero-order valence-electron chi connectivity index (χ0n) is 3.40. The minimum atomic E-state index is -4.15. The Morgan fingerprint density at radius 2 is 2.00 bits per heavy atom. The van der Waals surface area contributed by atoms with E-state index in [1.807, 2.05) is 0 Å². The minimum absolute atomic E-state index is 0.258. The van der Waals surface area contributed by atoms with E-state index < -0.39 is 18.9 Å². The van der Waals surface area contributed by atoms with Gasteiger partial charge in [-0.2, -0.15) is 0 Å². The average Bonchev–Trinajstić information content (AvgIpc) is 1.59. The van der Waals surface area contributed by atoms with E-state index in [1.165, 1.54) is 5.40 Å². The normalized spacial score (nSPS) is 10.8. The predicted octanol–water partition coefficient (Wildman–Crippen LogP) is 1.34. The molecule has 6 heteroatoms. The molecule has 0 spiro atoms. The number of nitriles is 1. The second kappa shape index (κ2) is 3.23. The summed E-state index contributed by atoms with van der Waals surface area (Å²) in [5.74, 6) is 0. The van der Waals surface area contributed by atoms with Crippen LogP contribution in [0, 0.1) is 10.7 Å². The number of thiocyanates is 1. The molecule has 0 unspecified atom stereocenters. The second-order valence-corrected chi connectivity index (χ2v) is 4.29. The van der Waals surface area contributed by atoms with Crippen molar-refractivity contribution in [2.45, 2.75) is 5.07 Å². The van der Waals surface area contributed by atoms with Crippen LogP contribution >= 0.6 is 10.2 Å². The molecule has 0 aromatic heterocycles. The van der Waals surface area contributed by atoms with Crippen LogP contribution in [0.5, 0.6) is 0 Å². The maximum atomic E-state index is 11.1. The Kier molecular flexibility index (Phi) is 3.29. The van der Waals surface area contributed by atoms with Gasteiger partial charge >= 0.3 is 52.9 Å². The molecule has 0 fully saturated rings. The summed E-state index contributed by atoms with van der Waals surface area (Å²) < 4.78 is 33.3. The van der Waals surface area contributed by atoms with E-state index in [2.05, 4.69) is 0 Å². The summed E-state index contributed by atoms with van der Waals surface area (Å²) in [4.78, 5) is 0. The van der Waals surface area contributed by atoms with Gasteiger partial charge in [0.15, 0.2) is 0 Å². The van der Waals surface area contributed by atoms with Crippen LogP contribution < -0.4 is 0 Å². The first-order valence-electron chi connectivity index (χ1n) is 1.37. The van der Waals surface area contributed by atoms with Crippen LogP contribution in [0.3, 0.4) is 0 Å². The molecule has 0 aromatic rings. The zero-order chi connectivity index (χ0) is 6.62. The molecule has 0 aliphatic carbocycles. The van der Waals surface area contributed by atoms with Crippen molar-refractivity contribution in [2.24, 2.45) is 0 Å². The Bertz CT molecular complexity index is 105.